The second-order valence-corrected chi connectivity index (χ2v) is 3.26. The van der Waals surface area contributed by atoms with Crippen LogP contribution in [0.3, 0.4) is 0 Å². The Kier molecular flexibility index (Phi) is 3.10. The number of nitrogens with one attached hydrogen (secondary N) is 1. The van der Waals surface area contributed by atoms with Crippen LogP contribution >= 0.6 is 0 Å². The Morgan fingerprint density at radius 3 is 2.94 bits per heavy atom. The highest BCUT2D eigenvalue weighted by Gasteiger charge is 2.14. The van der Waals surface area contributed by atoms with Crippen LogP contribution in [-0.2, 0) is 6.54 Å². The first-order valence-corrected chi connectivity index (χ1v) is 4.95. The third-order valence-electron chi connectivity index (χ3n) is 2.14. The van der Waals surface area contributed by atoms with E-state index < -0.39 is 5.91 Å². The Morgan fingerprint density at radius 1 is 1.53 bits per heavy atom. The predicted molar refractivity (Wildman–Crippen MR) is 58.8 cm³/mol. The summed E-state index contributed by atoms with van der Waals surface area (Å²) in [6.45, 7) is 0.417. The van der Waals surface area contributed by atoms with E-state index in [1.54, 1.807) is 12.3 Å². The van der Waals surface area contributed by atoms with Gasteiger partial charge in [0.1, 0.15) is 5.69 Å². The van der Waals surface area contributed by atoms with E-state index in [0.29, 0.717) is 12.2 Å². The van der Waals surface area contributed by atoms with Crippen molar-refractivity contribution in [2.75, 3.05) is 7.05 Å². The van der Waals surface area contributed by atoms with Crippen molar-refractivity contribution in [3.05, 3.63) is 29.7 Å². The van der Waals surface area contributed by atoms with E-state index in [-0.39, 0.29) is 11.7 Å². The summed E-state index contributed by atoms with van der Waals surface area (Å²) in [7, 11) is 1.49. The number of hydrogen-bond acceptors (Lipinski definition) is 6. The zero-order valence-corrected chi connectivity index (χ0v) is 9.17. The molecule has 0 unspecified atom stereocenters. The molecular weight excluding hydrogens is 222 g/mol. The first kappa shape index (κ1) is 11.2. The summed E-state index contributed by atoms with van der Waals surface area (Å²) in [5.74, 6) is -0.224. The molecule has 2 heterocycles. The molecule has 1 amide bonds. The number of amides is 1. The third-order valence-corrected chi connectivity index (χ3v) is 2.14. The Labute approximate surface area is 97.0 Å². The number of carbonyl (C=O) groups is 1. The molecule has 17 heavy (non-hydrogen) atoms. The summed E-state index contributed by atoms with van der Waals surface area (Å²) in [6.07, 6.45) is 1.62. The molecule has 2 aromatic heterocycles. The van der Waals surface area contributed by atoms with Gasteiger partial charge >= 0.3 is 0 Å². The maximum atomic E-state index is 11.2. The van der Waals surface area contributed by atoms with Gasteiger partial charge < -0.3 is 15.6 Å². The van der Waals surface area contributed by atoms with Gasteiger partial charge in [0.2, 0.25) is 0 Å². The molecular formula is C10H11N5O2. The number of pyridine rings is 1. The van der Waals surface area contributed by atoms with E-state index in [9.17, 15) is 4.79 Å². The number of nitrogens with zero attached hydrogens (tertiary/aromatic N) is 3. The van der Waals surface area contributed by atoms with Crippen LogP contribution in [0.4, 0.5) is 0 Å². The van der Waals surface area contributed by atoms with Crippen molar-refractivity contribution < 1.29 is 9.32 Å². The molecule has 0 aliphatic carbocycles. The van der Waals surface area contributed by atoms with Crippen molar-refractivity contribution in [3.63, 3.8) is 0 Å². The average Bonchev–Trinajstić information content (AvgIpc) is 2.87. The Morgan fingerprint density at radius 2 is 2.35 bits per heavy atom. The molecule has 0 bridgehead atoms. The summed E-state index contributed by atoms with van der Waals surface area (Å²) in [5.41, 5.74) is 6.86. The van der Waals surface area contributed by atoms with Crippen molar-refractivity contribution in [3.8, 4) is 11.6 Å². The van der Waals surface area contributed by atoms with Gasteiger partial charge in [-0.2, -0.15) is 4.98 Å². The summed E-state index contributed by atoms with van der Waals surface area (Å²) in [4.78, 5) is 19.3. The van der Waals surface area contributed by atoms with Crippen molar-refractivity contribution >= 4 is 5.91 Å². The zero-order valence-electron chi connectivity index (χ0n) is 9.17. The second kappa shape index (κ2) is 4.71. The van der Waals surface area contributed by atoms with Crippen LogP contribution < -0.4 is 11.1 Å². The zero-order chi connectivity index (χ0) is 12.3. The van der Waals surface area contributed by atoms with Gasteiger partial charge in [0.05, 0.1) is 0 Å². The van der Waals surface area contributed by atoms with E-state index in [0.717, 1.165) is 5.56 Å². The molecule has 3 N–H and O–H groups in total. The van der Waals surface area contributed by atoms with Crippen LogP contribution in [0.2, 0.25) is 0 Å². The van der Waals surface area contributed by atoms with Gasteiger partial charge in [0.15, 0.2) is 0 Å². The van der Waals surface area contributed by atoms with Gasteiger partial charge in [-0.25, -0.2) is 0 Å². The lowest BCUT2D eigenvalue weighted by molar-refractivity contribution is 0.0950. The molecule has 7 nitrogen and oxygen atoms in total. The average molecular weight is 233 g/mol. The van der Waals surface area contributed by atoms with Gasteiger partial charge in [-0.3, -0.25) is 9.78 Å². The van der Waals surface area contributed by atoms with E-state index >= 15 is 0 Å². The van der Waals surface area contributed by atoms with Crippen molar-refractivity contribution in [2.45, 2.75) is 6.54 Å². The number of aromatic nitrogens is 3. The van der Waals surface area contributed by atoms with Crippen LogP contribution in [0.1, 0.15) is 16.2 Å². The largest absolute Gasteiger partial charge is 0.352 e. The molecule has 0 atom stereocenters. The molecule has 0 aliphatic rings. The van der Waals surface area contributed by atoms with Gasteiger partial charge in [-0.15, -0.1) is 0 Å². The normalized spacial score (nSPS) is 10.2. The Balaban J connectivity index is 2.27. The lowest BCUT2D eigenvalue weighted by atomic mass is 10.2. The van der Waals surface area contributed by atoms with E-state index in [4.69, 9.17) is 10.3 Å². The molecule has 0 aliphatic heterocycles. The molecule has 2 rings (SSSR count). The van der Waals surface area contributed by atoms with Crippen molar-refractivity contribution in [2.24, 2.45) is 5.73 Å². The fourth-order valence-electron chi connectivity index (χ4n) is 1.20. The third kappa shape index (κ3) is 2.28. The van der Waals surface area contributed by atoms with E-state index in [1.807, 2.05) is 6.07 Å². The van der Waals surface area contributed by atoms with Crippen LogP contribution in [0.25, 0.3) is 11.6 Å². The van der Waals surface area contributed by atoms with Gasteiger partial charge in [-0.1, -0.05) is 11.2 Å². The Hall–Kier alpha value is -2.28. The molecule has 88 valence electrons. The molecule has 0 saturated carbocycles. The molecule has 2 aromatic rings. The lowest BCUT2D eigenvalue weighted by Crippen LogP contribution is -2.19. The maximum absolute atomic E-state index is 11.2. The lowest BCUT2D eigenvalue weighted by Gasteiger charge is -1.96. The number of rotatable bonds is 3. The number of nitrogens with two attached hydrogens (primary N) is 1. The molecule has 0 radical (unpaired) electrons. The number of carbonyl (C=O) groups excluding carboxylic acids is 1. The maximum Gasteiger partial charge on any atom is 0.292 e. The number of hydrogen-bond donors (Lipinski definition) is 2. The summed E-state index contributed by atoms with van der Waals surface area (Å²) in [6, 6.07) is 3.52. The quantitative estimate of drug-likeness (QED) is 0.769. The standard InChI is InChI=1S/C10H11N5O2/c1-12-9(16)8-14-10(17-15-8)7-3-2-6(4-11)5-13-7/h2-3,5H,4,11H2,1H3,(H,12,16). The minimum absolute atomic E-state index is 0.0211. The van der Waals surface area contributed by atoms with Gasteiger partial charge in [0.25, 0.3) is 17.6 Å². The fraction of sp³-hybridized carbons (Fsp3) is 0.200. The SMILES string of the molecule is CNC(=O)c1noc(-c2ccc(CN)cn2)n1. The minimum Gasteiger partial charge on any atom is -0.352 e. The highest BCUT2D eigenvalue weighted by atomic mass is 16.5. The predicted octanol–water partition coefficient (Wildman–Crippen LogP) is -0.0501. The van der Waals surface area contributed by atoms with E-state index in [2.05, 4.69) is 20.4 Å². The first-order valence-electron chi connectivity index (χ1n) is 4.95. The van der Waals surface area contributed by atoms with Gasteiger partial charge in [0, 0.05) is 19.8 Å². The Bertz CT molecular complexity index is 520. The van der Waals surface area contributed by atoms with Crippen LogP contribution in [0.5, 0.6) is 0 Å². The molecule has 0 saturated heterocycles. The van der Waals surface area contributed by atoms with Gasteiger partial charge in [-0.05, 0) is 11.6 Å². The molecule has 0 fully saturated rings. The highest BCUT2D eigenvalue weighted by molar-refractivity contribution is 5.90. The molecule has 7 heteroatoms. The second-order valence-electron chi connectivity index (χ2n) is 3.26. The monoisotopic (exact) mass is 233 g/mol. The fourth-order valence-corrected chi connectivity index (χ4v) is 1.20. The van der Waals surface area contributed by atoms with Crippen LogP contribution in [0.15, 0.2) is 22.9 Å². The minimum atomic E-state index is -0.404. The molecule has 0 aromatic carbocycles. The van der Waals surface area contributed by atoms with Crippen LogP contribution in [0, 0.1) is 0 Å². The first-order chi connectivity index (χ1) is 8.24. The van der Waals surface area contributed by atoms with E-state index in [1.165, 1.54) is 7.05 Å². The summed E-state index contributed by atoms with van der Waals surface area (Å²) >= 11 is 0. The summed E-state index contributed by atoms with van der Waals surface area (Å²) < 4.78 is 4.93. The molecule has 0 spiro atoms. The topological polar surface area (TPSA) is 107 Å². The van der Waals surface area contributed by atoms with Crippen molar-refractivity contribution in [1.29, 1.82) is 0 Å². The van der Waals surface area contributed by atoms with Crippen molar-refractivity contribution in [1.82, 2.24) is 20.4 Å². The summed E-state index contributed by atoms with van der Waals surface area (Å²) in [5, 5.41) is 5.95. The highest BCUT2D eigenvalue weighted by Crippen LogP contribution is 2.14. The van der Waals surface area contributed by atoms with Crippen LogP contribution in [-0.4, -0.2) is 28.1 Å². The smallest absolute Gasteiger partial charge is 0.292 e.